The molecule has 1 saturated heterocycles. The second kappa shape index (κ2) is 14.7. The molecule has 2 N–H and O–H groups in total. The summed E-state index contributed by atoms with van der Waals surface area (Å²) in [7, 11) is 2.08. The highest BCUT2D eigenvalue weighted by Gasteiger charge is 2.34. The molecule has 238 valence electrons. The molecule has 1 unspecified atom stereocenters. The first-order valence-corrected chi connectivity index (χ1v) is 16.1. The molecule has 0 spiro atoms. The number of piperidine rings is 1. The molecule has 2 aliphatic heterocycles. The monoisotopic (exact) mass is 618 g/mol. The van der Waals surface area contributed by atoms with Gasteiger partial charge in [0.05, 0.1) is 5.69 Å². The average molecular weight is 619 g/mol. The van der Waals surface area contributed by atoms with Crippen LogP contribution in [0.15, 0.2) is 103 Å². The molecule has 2 amide bonds. The van der Waals surface area contributed by atoms with Crippen LogP contribution in [-0.2, 0) is 17.8 Å². The van der Waals surface area contributed by atoms with Crippen LogP contribution in [-0.4, -0.2) is 71.1 Å². The highest BCUT2D eigenvalue weighted by molar-refractivity contribution is 5.98. The van der Waals surface area contributed by atoms with E-state index in [0.29, 0.717) is 17.7 Å². The normalized spacial score (nSPS) is 16.9. The van der Waals surface area contributed by atoms with Gasteiger partial charge in [-0.25, -0.2) is 4.79 Å². The Hall–Kier alpha value is -4.50. The van der Waals surface area contributed by atoms with E-state index < -0.39 is 12.3 Å². The number of hydrogen-bond donors (Lipinski definition) is 2. The van der Waals surface area contributed by atoms with Gasteiger partial charge >= 0.3 is 6.09 Å². The quantitative estimate of drug-likeness (QED) is 0.199. The van der Waals surface area contributed by atoms with Crippen molar-refractivity contribution in [3.05, 3.63) is 125 Å². The standard InChI is InChI=1S/C38H42N4O4/c1-40(22-9-23-42-36(43)33-13-5-6-14-34(33)37(42)44)26-28-16-18-29(19-17-28)27-41-24-20-31(21-25-41)46-38(45)39-35-15-8-7-12-32(35)30-10-3-2-4-11-30/h2-8,10-19,31,36,43H,9,20-27H2,1H3,(H,39,45). The maximum absolute atomic E-state index is 12.8. The van der Waals surface area contributed by atoms with Crippen LogP contribution in [0.25, 0.3) is 11.1 Å². The topological polar surface area (TPSA) is 85.3 Å². The fraction of sp³-hybridized carbons (Fsp3) is 0.316. The summed E-state index contributed by atoms with van der Waals surface area (Å²) in [5, 5.41) is 13.5. The van der Waals surface area contributed by atoms with Crippen LogP contribution in [0.5, 0.6) is 0 Å². The number of nitrogens with one attached hydrogen (secondary N) is 1. The van der Waals surface area contributed by atoms with Crippen LogP contribution >= 0.6 is 0 Å². The minimum atomic E-state index is -0.854. The number of aliphatic hydroxyl groups is 1. The number of nitrogens with zero attached hydrogens (tertiary/aromatic N) is 3. The Morgan fingerprint density at radius 2 is 1.52 bits per heavy atom. The number of carbonyl (C=O) groups excluding carboxylic acids is 2. The van der Waals surface area contributed by atoms with Gasteiger partial charge in [-0.2, -0.15) is 0 Å². The smallest absolute Gasteiger partial charge is 0.411 e. The first-order valence-electron chi connectivity index (χ1n) is 16.1. The Kier molecular flexibility index (Phi) is 10.1. The zero-order valence-corrected chi connectivity index (χ0v) is 26.3. The lowest BCUT2D eigenvalue weighted by molar-refractivity contribution is 0.0162. The molecule has 6 rings (SSSR count). The van der Waals surface area contributed by atoms with E-state index in [2.05, 4.69) is 46.4 Å². The van der Waals surface area contributed by atoms with Gasteiger partial charge in [-0.05, 0) is 61.7 Å². The summed E-state index contributed by atoms with van der Waals surface area (Å²) in [4.78, 5) is 31.6. The first-order chi connectivity index (χ1) is 22.4. The maximum Gasteiger partial charge on any atom is 0.411 e. The van der Waals surface area contributed by atoms with E-state index >= 15 is 0 Å². The lowest BCUT2D eigenvalue weighted by Crippen LogP contribution is -2.38. The van der Waals surface area contributed by atoms with Crippen LogP contribution < -0.4 is 5.32 Å². The Bertz CT molecular complexity index is 1620. The molecular weight excluding hydrogens is 576 g/mol. The zero-order valence-electron chi connectivity index (χ0n) is 26.3. The zero-order chi connectivity index (χ0) is 31.9. The van der Waals surface area contributed by atoms with Crippen molar-refractivity contribution in [2.45, 2.75) is 44.7 Å². The minimum absolute atomic E-state index is 0.0933. The molecule has 1 atom stereocenters. The van der Waals surface area contributed by atoms with Crippen molar-refractivity contribution < 1.29 is 19.4 Å². The van der Waals surface area contributed by atoms with Crippen molar-refractivity contribution in [3.8, 4) is 11.1 Å². The SMILES string of the molecule is CN(CCCN1C(=O)c2ccccc2C1O)Cc1ccc(CN2CCC(OC(=O)Nc3ccccc3-c3ccccc3)CC2)cc1. The lowest BCUT2D eigenvalue weighted by Gasteiger charge is -2.31. The van der Waals surface area contributed by atoms with Crippen molar-refractivity contribution in [3.63, 3.8) is 0 Å². The Morgan fingerprint density at radius 3 is 2.26 bits per heavy atom. The molecule has 1 fully saturated rings. The maximum atomic E-state index is 12.8. The average Bonchev–Trinajstić information content (AvgIpc) is 3.32. The molecule has 0 aliphatic carbocycles. The van der Waals surface area contributed by atoms with Crippen molar-refractivity contribution >= 4 is 17.7 Å². The van der Waals surface area contributed by atoms with E-state index in [1.807, 2.05) is 72.8 Å². The summed E-state index contributed by atoms with van der Waals surface area (Å²) in [6, 6.07) is 33.8. The second-order valence-electron chi connectivity index (χ2n) is 12.3. The number of amides is 2. The van der Waals surface area contributed by atoms with E-state index in [4.69, 9.17) is 4.74 Å². The summed E-state index contributed by atoms with van der Waals surface area (Å²) in [5.74, 6) is -0.0933. The van der Waals surface area contributed by atoms with Gasteiger partial charge in [0.2, 0.25) is 0 Å². The molecular formula is C38H42N4O4. The third-order valence-electron chi connectivity index (χ3n) is 8.90. The molecule has 2 heterocycles. The number of aliphatic hydroxyl groups excluding tert-OH is 1. The third kappa shape index (κ3) is 7.65. The molecule has 8 heteroatoms. The van der Waals surface area contributed by atoms with Gasteiger partial charge < -0.3 is 19.6 Å². The van der Waals surface area contributed by atoms with Gasteiger partial charge in [-0.1, -0.05) is 91.0 Å². The summed E-state index contributed by atoms with van der Waals surface area (Å²) < 4.78 is 5.81. The predicted octanol–water partition coefficient (Wildman–Crippen LogP) is 6.54. The predicted molar refractivity (Wildman–Crippen MR) is 180 cm³/mol. The Balaban J connectivity index is 0.900. The number of hydrogen-bond acceptors (Lipinski definition) is 6. The highest BCUT2D eigenvalue weighted by atomic mass is 16.6. The Morgan fingerprint density at radius 1 is 0.870 bits per heavy atom. The van der Waals surface area contributed by atoms with Crippen LogP contribution in [0.3, 0.4) is 0 Å². The van der Waals surface area contributed by atoms with E-state index in [-0.39, 0.29) is 12.0 Å². The minimum Gasteiger partial charge on any atom is -0.446 e. The van der Waals surface area contributed by atoms with Gasteiger partial charge in [0.25, 0.3) is 5.91 Å². The Labute approximate surface area is 271 Å². The number of anilines is 1. The van der Waals surface area contributed by atoms with Gasteiger partial charge in [0, 0.05) is 49.4 Å². The van der Waals surface area contributed by atoms with Gasteiger partial charge in [0.15, 0.2) is 6.23 Å². The number of carbonyl (C=O) groups is 2. The highest BCUT2D eigenvalue weighted by Crippen LogP contribution is 2.31. The number of ether oxygens (including phenoxy) is 1. The fourth-order valence-electron chi connectivity index (χ4n) is 6.42. The lowest BCUT2D eigenvalue weighted by atomic mass is 10.0. The summed E-state index contributed by atoms with van der Waals surface area (Å²) >= 11 is 0. The van der Waals surface area contributed by atoms with E-state index in [1.54, 1.807) is 11.0 Å². The van der Waals surface area contributed by atoms with Crippen molar-refractivity contribution in [1.29, 1.82) is 0 Å². The number of rotatable bonds is 11. The van der Waals surface area contributed by atoms with E-state index in [0.717, 1.165) is 68.8 Å². The van der Waals surface area contributed by atoms with E-state index in [9.17, 15) is 14.7 Å². The summed E-state index contributed by atoms with van der Waals surface area (Å²) in [6.45, 7) is 4.78. The number of benzene rings is 4. The van der Waals surface area contributed by atoms with Crippen molar-refractivity contribution in [2.24, 2.45) is 0 Å². The molecule has 46 heavy (non-hydrogen) atoms. The molecule has 0 bridgehead atoms. The van der Waals surface area contributed by atoms with Crippen molar-refractivity contribution in [2.75, 3.05) is 38.5 Å². The van der Waals surface area contributed by atoms with E-state index in [1.165, 1.54) is 11.1 Å². The van der Waals surface area contributed by atoms with Crippen LogP contribution in [0.1, 0.15) is 52.5 Å². The summed E-state index contributed by atoms with van der Waals surface area (Å²) in [5.41, 5.74) is 6.57. The van der Waals surface area contributed by atoms with Crippen LogP contribution in [0.4, 0.5) is 10.5 Å². The molecule has 8 nitrogen and oxygen atoms in total. The number of fused-ring (bicyclic) bond motifs is 1. The molecule has 0 radical (unpaired) electrons. The van der Waals surface area contributed by atoms with Gasteiger partial charge in [0.1, 0.15) is 6.10 Å². The number of para-hydroxylation sites is 1. The second-order valence-corrected chi connectivity index (χ2v) is 12.3. The summed E-state index contributed by atoms with van der Waals surface area (Å²) in [6.07, 6.45) is 1.04. The van der Waals surface area contributed by atoms with Gasteiger partial charge in [-0.15, -0.1) is 0 Å². The largest absolute Gasteiger partial charge is 0.446 e. The molecule has 0 saturated carbocycles. The molecule has 4 aromatic rings. The molecule has 0 aromatic heterocycles. The first kappa shape index (κ1) is 31.5. The number of likely N-dealkylation sites (tertiary alicyclic amines) is 1. The molecule has 4 aromatic carbocycles. The molecule has 2 aliphatic rings. The van der Waals surface area contributed by atoms with Gasteiger partial charge in [-0.3, -0.25) is 15.0 Å². The third-order valence-corrected chi connectivity index (χ3v) is 8.90. The van der Waals surface area contributed by atoms with Crippen LogP contribution in [0, 0.1) is 0 Å². The fourth-order valence-corrected chi connectivity index (χ4v) is 6.42. The van der Waals surface area contributed by atoms with Crippen LogP contribution in [0.2, 0.25) is 0 Å². The van der Waals surface area contributed by atoms with Crippen molar-refractivity contribution in [1.82, 2.24) is 14.7 Å².